The van der Waals surface area contributed by atoms with E-state index in [9.17, 15) is 31.1 Å². The lowest BCUT2D eigenvalue weighted by atomic mass is 10.2. The molecule has 0 unspecified atom stereocenters. The highest BCUT2D eigenvalue weighted by molar-refractivity contribution is 6.30. The maximum absolute atomic E-state index is 13.7. The maximum Gasteiger partial charge on any atom is 0.434 e. The van der Waals surface area contributed by atoms with Crippen LogP contribution in [-0.4, -0.2) is 15.7 Å². The first-order valence-electron chi connectivity index (χ1n) is 7.45. The standard InChI is InChI=1S/C17H8ClF6N3O/c18-8-1-3-9(4-2-8)27-15(17(22,23)24)10(7-25-27)16(28)26-12-6-5-11(19)13(20)14(12)21/h1-7H,(H,26,28). The lowest BCUT2D eigenvalue weighted by Gasteiger charge is -2.13. The average Bonchev–Trinajstić information content (AvgIpc) is 3.08. The molecule has 1 amide bonds. The third-order valence-corrected chi connectivity index (χ3v) is 3.89. The number of carbonyl (C=O) groups excluding carboxylic acids is 1. The minimum absolute atomic E-state index is 0.0326. The predicted octanol–water partition coefficient (Wildman–Crippen LogP) is 5.21. The Hall–Kier alpha value is -3.01. The third kappa shape index (κ3) is 3.68. The van der Waals surface area contributed by atoms with Crippen molar-refractivity contribution in [1.29, 1.82) is 0 Å². The van der Waals surface area contributed by atoms with Crippen LogP contribution in [0.5, 0.6) is 0 Å². The second-order valence-corrected chi connectivity index (χ2v) is 5.91. The molecule has 2 aromatic carbocycles. The summed E-state index contributed by atoms with van der Waals surface area (Å²) in [6.45, 7) is 0. The van der Waals surface area contributed by atoms with Crippen molar-refractivity contribution in [2.75, 3.05) is 5.32 Å². The van der Waals surface area contributed by atoms with Crippen LogP contribution < -0.4 is 5.32 Å². The number of aromatic nitrogens is 2. The highest BCUT2D eigenvalue weighted by Crippen LogP contribution is 2.34. The van der Waals surface area contributed by atoms with Crippen LogP contribution in [-0.2, 0) is 6.18 Å². The van der Waals surface area contributed by atoms with Crippen LogP contribution in [0.25, 0.3) is 5.69 Å². The summed E-state index contributed by atoms with van der Waals surface area (Å²) in [5.74, 6) is -6.53. The zero-order chi connectivity index (χ0) is 20.6. The molecule has 1 aromatic heterocycles. The number of carbonyl (C=O) groups is 1. The Kier molecular flexibility index (Phi) is 5.07. The summed E-state index contributed by atoms with van der Waals surface area (Å²) in [6, 6.07) is 6.37. The Morgan fingerprint density at radius 2 is 1.64 bits per heavy atom. The van der Waals surface area contributed by atoms with E-state index in [2.05, 4.69) is 5.10 Å². The van der Waals surface area contributed by atoms with Gasteiger partial charge >= 0.3 is 6.18 Å². The first-order valence-corrected chi connectivity index (χ1v) is 7.83. The zero-order valence-electron chi connectivity index (χ0n) is 13.5. The van der Waals surface area contributed by atoms with Crippen molar-refractivity contribution in [2.24, 2.45) is 0 Å². The lowest BCUT2D eigenvalue weighted by molar-refractivity contribution is -0.143. The quantitative estimate of drug-likeness (QED) is 0.468. The Morgan fingerprint density at radius 3 is 2.25 bits per heavy atom. The molecule has 4 nitrogen and oxygen atoms in total. The number of nitrogens with one attached hydrogen (secondary N) is 1. The van der Waals surface area contributed by atoms with Gasteiger partial charge in [0.1, 0.15) is 0 Å². The number of amides is 1. The molecule has 11 heteroatoms. The van der Waals surface area contributed by atoms with E-state index in [0.29, 0.717) is 23.0 Å². The van der Waals surface area contributed by atoms with E-state index in [1.54, 1.807) is 5.32 Å². The normalized spacial score (nSPS) is 11.5. The molecule has 0 aliphatic heterocycles. The van der Waals surface area contributed by atoms with Crippen molar-refractivity contribution in [3.05, 3.63) is 76.3 Å². The fourth-order valence-electron chi connectivity index (χ4n) is 2.38. The summed E-state index contributed by atoms with van der Waals surface area (Å²) < 4.78 is 81.0. The number of nitrogens with zero attached hydrogens (tertiary/aromatic N) is 2. The van der Waals surface area contributed by atoms with Gasteiger partial charge in [-0.2, -0.15) is 18.3 Å². The van der Waals surface area contributed by atoms with Gasteiger partial charge in [0, 0.05) is 5.02 Å². The van der Waals surface area contributed by atoms with Crippen LogP contribution in [0.15, 0.2) is 42.6 Å². The van der Waals surface area contributed by atoms with Crippen LogP contribution in [0, 0.1) is 17.5 Å². The summed E-state index contributed by atoms with van der Waals surface area (Å²) in [5.41, 5.74) is -3.23. The first kappa shape index (κ1) is 19.7. The SMILES string of the molecule is O=C(Nc1ccc(F)c(F)c1F)c1cnn(-c2ccc(Cl)cc2)c1C(F)(F)F. The zero-order valence-corrected chi connectivity index (χ0v) is 14.2. The van der Waals surface area contributed by atoms with Crippen LogP contribution in [0.3, 0.4) is 0 Å². The molecule has 3 rings (SSSR count). The van der Waals surface area contributed by atoms with Crippen LogP contribution in [0.1, 0.15) is 16.1 Å². The van der Waals surface area contributed by atoms with Gasteiger partial charge in [0.15, 0.2) is 23.1 Å². The molecule has 0 bridgehead atoms. The van der Waals surface area contributed by atoms with Gasteiger partial charge in [-0.15, -0.1) is 0 Å². The molecule has 0 saturated carbocycles. The molecule has 0 spiro atoms. The van der Waals surface area contributed by atoms with E-state index < -0.39 is 46.5 Å². The van der Waals surface area contributed by atoms with Crippen LogP contribution in [0.2, 0.25) is 5.02 Å². The topological polar surface area (TPSA) is 46.9 Å². The highest BCUT2D eigenvalue weighted by Gasteiger charge is 2.40. The fraction of sp³-hybridized carbons (Fsp3) is 0.0588. The van der Waals surface area contributed by atoms with E-state index in [0.717, 1.165) is 0 Å². The molecule has 0 radical (unpaired) electrons. The third-order valence-electron chi connectivity index (χ3n) is 3.64. The van der Waals surface area contributed by atoms with Gasteiger partial charge < -0.3 is 5.32 Å². The molecule has 0 atom stereocenters. The van der Waals surface area contributed by atoms with Gasteiger partial charge in [-0.25, -0.2) is 17.9 Å². The van der Waals surface area contributed by atoms with E-state index >= 15 is 0 Å². The van der Waals surface area contributed by atoms with Crippen molar-refractivity contribution < 1.29 is 31.1 Å². The number of alkyl halides is 3. The number of rotatable bonds is 3. The largest absolute Gasteiger partial charge is 0.434 e. The van der Waals surface area contributed by atoms with Crippen molar-refractivity contribution in [2.45, 2.75) is 6.18 Å². The minimum Gasteiger partial charge on any atom is -0.319 e. The number of benzene rings is 2. The minimum atomic E-state index is -5.00. The Balaban J connectivity index is 2.03. The summed E-state index contributed by atoms with van der Waals surface area (Å²) in [6.07, 6.45) is -4.38. The van der Waals surface area contributed by atoms with E-state index in [-0.39, 0.29) is 10.7 Å². The van der Waals surface area contributed by atoms with Crippen LogP contribution >= 0.6 is 11.6 Å². The highest BCUT2D eigenvalue weighted by atomic mass is 35.5. The molecule has 0 fully saturated rings. The monoisotopic (exact) mass is 419 g/mol. The number of hydrogen-bond donors (Lipinski definition) is 1. The molecule has 28 heavy (non-hydrogen) atoms. The number of hydrogen-bond acceptors (Lipinski definition) is 2. The second kappa shape index (κ2) is 7.19. The molecule has 0 saturated heterocycles. The lowest BCUT2D eigenvalue weighted by Crippen LogP contribution is -2.21. The van der Waals surface area contributed by atoms with Crippen molar-refractivity contribution in [3.63, 3.8) is 0 Å². The summed E-state index contributed by atoms with van der Waals surface area (Å²) in [4.78, 5) is 12.3. The number of anilines is 1. The average molecular weight is 420 g/mol. The van der Waals surface area contributed by atoms with Crippen LogP contribution in [0.4, 0.5) is 32.0 Å². The Morgan fingerprint density at radius 1 is 1.00 bits per heavy atom. The predicted molar refractivity (Wildman–Crippen MR) is 87.8 cm³/mol. The Labute approximate surface area is 158 Å². The Bertz CT molecular complexity index is 1050. The smallest absolute Gasteiger partial charge is 0.319 e. The van der Waals surface area contributed by atoms with E-state index in [4.69, 9.17) is 11.6 Å². The van der Waals surface area contributed by atoms with E-state index in [1.165, 1.54) is 24.3 Å². The summed E-state index contributed by atoms with van der Waals surface area (Å²) >= 11 is 5.70. The molecule has 1 heterocycles. The van der Waals surface area contributed by atoms with Gasteiger partial charge in [0.25, 0.3) is 5.91 Å². The van der Waals surface area contributed by atoms with Gasteiger partial charge in [-0.05, 0) is 36.4 Å². The van der Waals surface area contributed by atoms with E-state index in [1.807, 2.05) is 0 Å². The molecule has 3 aromatic rings. The molecular formula is C17H8ClF6N3O. The molecular weight excluding hydrogens is 412 g/mol. The van der Waals surface area contributed by atoms with Crippen molar-refractivity contribution in [1.82, 2.24) is 9.78 Å². The van der Waals surface area contributed by atoms with Gasteiger partial charge in [0.2, 0.25) is 0 Å². The molecule has 0 aliphatic carbocycles. The van der Waals surface area contributed by atoms with Gasteiger partial charge in [0.05, 0.1) is 23.1 Å². The molecule has 1 N–H and O–H groups in total. The van der Waals surface area contributed by atoms with Crippen molar-refractivity contribution in [3.8, 4) is 5.69 Å². The summed E-state index contributed by atoms with van der Waals surface area (Å²) in [5, 5.41) is 5.62. The van der Waals surface area contributed by atoms with Gasteiger partial charge in [-0.3, -0.25) is 4.79 Å². The maximum atomic E-state index is 13.7. The number of halogens is 7. The summed E-state index contributed by atoms with van der Waals surface area (Å²) in [7, 11) is 0. The molecule has 0 aliphatic rings. The first-order chi connectivity index (χ1) is 13.1. The van der Waals surface area contributed by atoms with Gasteiger partial charge in [-0.1, -0.05) is 11.6 Å². The second-order valence-electron chi connectivity index (χ2n) is 5.47. The fourth-order valence-corrected chi connectivity index (χ4v) is 2.50. The van der Waals surface area contributed by atoms with Crippen molar-refractivity contribution >= 4 is 23.2 Å². The molecule has 146 valence electrons.